The molecule has 0 aromatic heterocycles. The quantitative estimate of drug-likeness (QED) is 0.203. The summed E-state index contributed by atoms with van der Waals surface area (Å²) >= 11 is 0. The van der Waals surface area contributed by atoms with E-state index in [9.17, 15) is 5.26 Å². The molecule has 1 aliphatic rings. The Kier molecular flexibility index (Phi) is 5.95. The van der Waals surface area contributed by atoms with Crippen LogP contribution in [0.1, 0.15) is 5.56 Å². The first-order chi connectivity index (χ1) is 22.8. The lowest BCUT2D eigenvalue weighted by Crippen LogP contribution is -1.93. The molecule has 0 N–H and O–H groups in total. The molecule has 0 bridgehead atoms. The molecule has 8 aromatic rings. The van der Waals surface area contributed by atoms with Crippen molar-refractivity contribution in [3.05, 3.63) is 169 Å². The van der Waals surface area contributed by atoms with Crippen LogP contribution in [0, 0.1) is 11.3 Å². The first kappa shape index (κ1) is 26.2. The van der Waals surface area contributed by atoms with E-state index in [1.54, 1.807) is 0 Å². The minimum Gasteiger partial charge on any atom is -0.192 e. The Morgan fingerprint density at radius 3 is 1.46 bits per heavy atom. The zero-order chi connectivity index (χ0) is 30.6. The highest BCUT2D eigenvalue weighted by Crippen LogP contribution is 2.58. The summed E-state index contributed by atoms with van der Waals surface area (Å²) in [5.41, 5.74) is 15.4. The molecule has 8 aromatic carbocycles. The summed E-state index contributed by atoms with van der Waals surface area (Å²) in [4.78, 5) is 0. The molecule has 0 unspecified atom stereocenters. The fourth-order valence-electron chi connectivity index (χ4n) is 7.50. The molecule has 9 rings (SSSR count). The van der Waals surface area contributed by atoms with Gasteiger partial charge in [0.2, 0.25) is 0 Å². The maximum atomic E-state index is 9.49. The predicted molar refractivity (Wildman–Crippen MR) is 192 cm³/mol. The van der Waals surface area contributed by atoms with Crippen molar-refractivity contribution < 1.29 is 0 Å². The summed E-state index contributed by atoms with van der Waals surface area (Å²) in [7, 11) is 0. The predicted octanol–water partition coefficient (Wildman–Crippen LogP) is 12.2. The normalized spacial score (nSPS) is 11.5. The van der Waals surface area contributed by atoms with Gasteiger partial charge in [-0.1, -0.05) is 146 Å². The van der Waals surface area contributed by atoms with Crippen molar-refractivity contribution in [3.63, 3.8) is 0 Å². The zero-order valence-electron chi connectivity index (χ0n) is 25.0. The molecule has 212 valence electrons. The Balaban J connectivity index is 1.36. The summed E-state index contributed by atoms with van der Waals surface area (Å²) in [6.07, 6.45) is 0. The van der Waals surface area contributed by atoms with Gasteiger partial charge in [-0.2, -0.15) is 5.26 Å². The molecule has 46 heavy (non-hydrogen) atoms. The van der Waals surface area contributed by atoms with Gasteiger partial charge in [-0.3, -0.25) is 0 Å². The molecule has 0 saturated carbocycles. The van der Waals surface area contributed by atoms with E-state index < -0.39 is 0 Å². The van der Waals surface area contributed by atoms with Crippen molar-refractivity contribution in [2.75, 3.05) is 0 Å². The molecule has 0 saturated heterocycles. The summed E-state index contributed by atoms with van der Waals surface area (Å²) in [5, 5.41) is 14.6. The van der Waals surface area contributed by atoms with Gasteiger partial charge in [0.15, 0.2) is 0 Å². The minimum absolute atomic E-state index is 0.668. The number of benzene rings is 8. The Bertz CT molecular complexity index is 2430. The highest BCUT2D eigenvalue weighted by atomic mass is 14.3. The van der Waals surface area contributed by atoms with Crippen molar-refractivity contribution in [1.82, 2.24) is 0 Å². The van der Waals surface area contributed by atoms with Crippen molar-refractivity contribution in [3.8, 4) is 72.8 Å². The molecule has 0 atom stereocenters. The topological polar surface area (TPSA) is 23.8 Å². The van der Waals surface area contributed by atoms with Crippen LogP contribution >= 0.6 is 0 Å². The average molecular weight is 582 g/mol. The molecule has 0 spiro atoms. The lowest BCUT2D eigenvalue weighted by molar-refractivity contribution is 1.48. The van der Waals surface area contributed by atoms with Gasteiger partial charge < -0.3 is 0 Å². The van der Waals surface area contributed by atoms with Crippen LogP contribution in [0.5, 0.6) is 0 Å². The van der Waals surface area contributed by atoms with Crippen LogP contribution in [0.3, 0.4) is 0 Å². The Hall–Kier alpha value is -6.23. The van der Waals surface area contributed by atoms with Gasteiger partial charge in [0.1, 0.15) is 0 Å². The van der Waals surface area contributed by atoms with E-state index >= 15 is 0 Å². The number of nitrogens with zero attached hydrogens (tertiary/aromatic N) is 1. The van der Waals surface area contributed by atoms with E-state index in [1.807, 2.05) is 18.2 Å². The van der Waals surface area contributed by atoms with Gasteiger partial charge in [0.25, 0.3) is 0 Å². The van der Waals surface area contributed by atoms with Crippen molar-refractivity contribution in [1.29, 1.82) is 5.26 Å². The minimum atomic E-state index is 0.668. The summed E-state index contributed by atoms with van der Waals surface area (Å²) in [5.74, 6) is 0. The Labute approximate surface area is 268 Å². The average Bonchev–Trinajstić information content (AvgIpc) is 3.46. The molecular formula is C45H27N. The third-order valence-electron chi connectivity index (χ3n) is 9.42. The standard InChI is InChI=1S/C45H27N/c46-28-29-12-9-17-32(26-29)33-18-10-19-34(27-33)35-24-25-40-43-36(35)22-11-23-39(43)44-41(30-13-3-1-4-14-30)37-20-7-8-21-38(37)42(45(40)44)31-15-5-2-6-16-31/h1-27H. The number of rotatable bonds is 4. The molecule has 0 heterocycles. The molecule has 0 fully saturated rings. The Morgan fingerprint density at radius 2 is 0.804 bits per heavy atom. The smallest absolute Gasteiger partial charge is 0.0991 e. The SMILES string of the molecule is N#Cc1cccc(-c2cccc(-c3ccc4c5c(cccc35)-c3c-4c(-c4ccccc4)c4ccccc4c3-c3ccccc3)c2)c1. The first-order valence-corrected chi connectivity index (χ1v) is 15.7. The summed E-state index contributed by atoms with van der Waals surface area (Å²) < 4.78 is 0. The third kappa shape index (κ3) is 3.95. The van der Waals surface area contributed by atoms with Crippen LogP contribution in [-0.4, -0.2) is 0 Å². The maximum Gasteiger partial charge on any atom is 0.0991 e. The third-order valence-corrected chi connectivity index (χ3v) is 9.42. The van der Waals surface area contributed by atoms with Crippen molar-refractivity contribution in [2.45, 2.75) is 0 Å². The molecule has 0 aliphatic heterocycles. The van der Waals surface area contributed by atoms with Crippen LogP contribution in [0.15, 0.2) is 164 Å². The van der Waals surface area contributed by atoms with Crippen molar-refractivity contribution in [2.24, 2.45) is 0 Å². The maximum absolute atomic E-state index is 9.49. The fourth-order valence-corrected chi connectivity index (χ4v) is 7.50. The highest BCUT2D eigenvalue weighted by molar-refractivity contribution is 6.28. The van der Waals surface area contributed by atoms with Crippen LogP contribution in [0.2, 0.25) is 0 Å². The second-order valence-corrected chi connectivity index (χ2v) is 11.9. The molecular weight excluding hydrogens is 555 g/mol. The first-order valence-electron chi connectivity index (χ1n) is 15.7. The zero-order valence-corrected chi connectivity index (χ0v) is 25.0. The van der Waals surface area contributed by atoms with Crippen LogP contribution in [-0.2, 0) is 0 Å². The monoisotopic (exact) mass is 581 g/mol. The van der Waals surface area contributed by atoms with Gasteiger partial charge in [0, 0.05) is 0 Å². The van der Waals surface area contributed by atoms with Crippen LogP contribution in [0.25, 0.3) is 88.3 Å². The van der Waals surface area contributed by atoms with E-state index in [0.717, 1.165) is 16.7 Å². The van der Waals surface area contributed by atoms with Crippen LogP contribution in [0.4, 0.5) is 0 Å². The van der Waals surface area contributed by atoms with E-state index in [0.29, 0.717) is 5.56 Å². The lowest BCUT2D eigenvalue weighted by atomic mass is 9.82. The second-order valence-electron chi connectivity index (χ2n) is 11.9. The van der Waals surface area contributed by atoms with Gasteiger partial charge >= 0.3 is 0 Å². The number of nitriles is 1. The van der Waals surface area contributed by atoms with Crippen molar-refractivity contribution >= 4 is 21.5 Å². The fraction of sp³-hybridized carbons (Fsp3) is 0. The lowest BCUT2D eigenvalue weighted by Gasteiger charge is -2.20. The van der Waals surface area contributed by atoms with E-state index in [1.165, 1.54) is 71.6 Å². The van der Waals surface area contributed by atoms with Gasteiger partial charge in [-0.25, -0.2) is 0 Å². The molecule has 1 aliphatic carbocycles. The number of hydrogen-bond donors (Lipinski definition) is 0. The van der Waals surface area contributed by atoms with E-state index in [4.69, 9.17) is 0 Å². The van der Waals surface area contributed by atoms with E-state index in [2.05, 4.69) is 152 Å². The summed E-state index contributed by atoms with van der Waals surface area (Å²) in [6.45, 7) is 0. The molecule has 0 amide bonds. The van der Waals surface area contributed by atoms with E-state index in [-0.39, 0.29) is 0 Å². The van der Waals surface area contributed by atoms with Gasteiger partial charge in [-0.05, 0) is 107 Å². The molecule has 1 nitrogen and oxygen atoms in total. The molecule has 1 heteroatoms. The number of fused-ring (bicyclic) bond motifs is 4. The largest absolute Gasteiger partial charge is 0.192 e. The Morgan fingerprint density at radius 1 is 0.326 bits per heavy atom. The highest BCUT2D eigenvalue weighted by Gasteiger charge is 2.31. The van der Waals surface area contributed by atoms with Gasteiger partial charge in [0.05, 0.1) is 11.6 Å². The van der Waals surface area contributed by atoms with Gasteiger partial charge in [-0.15, -0.1) is 0 Å². The number of hydrogen-bond acceptors (Lipinski definition) is 1. The molecule has 0 radical (unpaired) electrons. The van der Waals surface area contributed by atoms with Crippen LogP contribution < -0.4 is 0 Å². The second kappa shape index (κ2) is 10.4. The summed E-state index contributed by atoms with van der Waals surface area (Å²) in [6, 6.07) is 60.9.